The number of aromatic nitrogens is 1. The van der Waals surface area contributed by atoms with Crippen molar-refractivity contribution in [1.82, 2.24) is 15.2 Å². The molecule has 0 saturated carbocycles. The van der Waals surface area contributed by atoms with Crippen LogP contribution in [0.15, 0.2) is 24.5 Å². The Morgan fingerprint density at radius 3 is 2.94 bits per heavy atom. The molecule has 3 N–H and O–H groups in total. The highest BCUT2D eigenvalue weighted by atomic mass is 16.2. The molecule has 2 rings (SSSR count). The Labute approximate surface area is 107 Å². The number of carbonyl (C=O) groups is 1. The fourth-order valence-electron chi connectivity index (χ4n) is 2.32. The van der Waals surface area contributed by atoms with Crippen molar-refractivity contribution in [3.8, 4) is 0 Å². The summed E-state index contributed by atoms with van der Waals surface area (Å²) in [6.07, 6.45) is 5.26. The molecule has 0 aromatic carbocycles. The molecule has 0 spiro atoms. The van der Waals surface area contributed by atoms with Gasteiger partial charge in [-0.3, -0.25) is 14.7 Å². The van der Waals surface area contributed by atoms with Crippen LogP contribution in [0.2, 0.25) is 0 Å². The minimum absolute atomic E-state index is 0.104. The van der Waals surface area contributed by atoms with E-state index in [1.54, 1.807) is 12.4 Å². The predicted molar refractivity (Wildman–Crippen MR) is 69.7 cm³/mol. The third-order valence-electron chi connectivity index (χ3n) is 3.24. The number of nitrogens with zero attached hydrogens (tertiary/aromatic N) is 2. The Morgan fingerprint density at radius 1 is 1.44 bits per heavy atom. The Balaban J connectivity index is 2.09. The summed E-state index contributed by atoms with van der Waals surface area (Å²) in [5, 5.41) is 2.95. The average Bonchev–Trinajstić information content (AvgIpc) is 2.56. The quantitative estimate of drug-likeness (QED) is 0.794. The fourth-order valence-corrected chi connectivity index (χ4v) is 2.32. The lowest BCUT2D eigenvalue weighted by Gasteiger charge is -2.27. The minimum atomic E-state index is -0.106. The molecule has 0 aliphatic carbocycles. The molecule has 1 unspecified atom stereocenters. The van der Waals surface area contributed by atoms with Crippen LogP contribution in [0.5, 0.6) is 0 Å². The highest BCUT2D eigenvalue weighted by Gasteiger charge is 2.27. The molecule has 98 valence electrons. The molecule has 1 aliphatic rings. The highest BCUT2D eigenvalue weighted by Crippen LogP contribution is 2.13. The molecule has 18 heavy (non-hydrogen) atoms. The predicted octanol–water partition coefficient (Wildman–Crippen LogP) is 0.121. The van der Waals surface area contributed by atoms with Gasteiger partial charge in [0.05, 0.1) is 6.04 Å². The van der Waals surface area contributed by atoms with Crippen LogP contribution >= 0.6 is 0 Å². The maximum absolute atomic E-state index is 12.0. The monoisotopic (exact) mass is 248 g/mol. The molecule has 5 heteroatoms. The summed E-state index contributed by atoms with van der Waals surface area (Å²) in [5.74, 6) is 0.104. The first-order valence-electron chi connectivity index (χ1n) is 6.42. The number of rotatable bonds is 4. The van der Waals surface area contributed by atoms with E-state index in [1.165, 1.54) is 5.56 Å². The fraction of sp³-hybridized carbons (Fsp3) is 0.538. The number of nitrogens with one attached hydrogen (secondary N) is 1. The van der Waals surface area contributed by atoms with Crippen molar-refractivity contribution >= 4 is 5.91 Å². The molecular weight excluding hydrogens is 228 g/mol. The van der Waals surface area contributed by atoms with E-state index in [4.69, 9.17) is 5.73 Å². The lowest BCUT2D eigenvalue weighted by atomic mass is 10.1. The van der Waals surface area contributed by atoms with E-state index < -0.39 is 0 Å². The summed E-state index contributed by atoms with van der Waals surface area (Å²) in [6, 6.07) is 3.87. The van der Waals surface area contributed by atoms with E-state index in [2.05, 4.69) is 15.2 Å². The summed E-state index contributed by atoms with van der Waals surface area (Å²) in [5.41, 5.74) is 6.79. The Bertz CT molecular complexity index is 382. The normalized spacial score (nSPS) is 21.4. The van der Waals surface area contributed by atoms with Gasteiger partial charge >= 0.3 is 0 Å². The van der Waals surface area contributed by atoms with Crippen LogP contribution in [0, 0.1) is 0 Å². The van der Waals surface area contributed by atoms with Crippen molar-refractivity contribution in [3.63, 3.8) is 0 Å². The van der Waals surface area contributed by atoms with Crippen LogP contribution < -0.4 is 11.1 Å². The van der Waals surface area contributed by atoms with Gasteiger partial charge in [-0.15, -0.1) is 0 Å². The third kappa shape index (κ3) is 3.27. The molecule has 1 aliphatic heterocycles. The number of carbonyl (C=O) groups excluding carboxylic acids is 1. The van der Waals surface area contributed by atoms with Crippen LogP contribution in [-0.4, -0.2) is 41.5 Å². The summed E-state index contributed by atoms with van der Waals surface area (Å²) in [6.45, 7) is 2.99. The number of hydrogen-bond donors (Lipinski definition) is 2. The van der Waals surface area contributed by atoms with Crippen LogP contribution in [0.3, 0.4) is 0 Å². The molecule has 5 nitrogen and oxygen atoms in total. The maximum Gasteiger partial charge on any atom is 0.237 e. The van der Waals surface area contributed by atoms with Gasteiger partial charge in [0.1, 0.15) is 0 Å². The molecule has 1 fully saturated rings. The first-order chi connectivity index (χ1) is 8.81. The molecule has 1 aromatic heterocycles. The molecule has 0 bridgehead atoms. The Morgan fingerprint density at radius 2 is 2.22 bits per heavy atom. The van der Waals surface area contributed by atoms with Gasteiger partial charge in [-0.1, -0.05) is 0 Å². The van der Waals surface area contributed by atoms with Gasteiger partial charge in [-0.2, -0.15) is 0 Å². The maximum atomic E-state index is 12.0. The first kappa shape index (κ1) is 13.0. The van der Waals surface area contributed by atoms with E-state index in [0.29, 0.717) is 13.0 Å². The molecule has 1 atom stereocenters. The summed E-state index contributed by atoms with van der Waals surface area (Å²) in [4.78, 5) is 18.2. The van der Waals surface area contributed by atoms with Crippen molar-refractivity contribution < 1.29 is 4.79 Å². The lowest BCUT2D eigenvalue weighted by Crippen LogP contribution is -2.44. The Kier molecular flexibility index (Phi) is 4.66. The van der Waals surface area contributed by atoms with Gasteiger partial charge in [0.15, 0.2) is 0 Å². The van der Waals surface area contributed by atoms with E-state index in [9.17, 15) is 4.79 Å². The van der Waals surface area contributed by atoms with E-state index in [1.807, 2.05) is 12.1 Å². The summed E-state index contributed by atoms with van der Waals surface area (Å²) >= 11 is 0. The second kappa shape index (κ2) is 6.47. The molecular formula is C13H20N4O. The average molecular weight is 248 g/mol. The Hall–Kier alpha value is -1.46. The van der Waals surface area contributed by atoms with Crippen molar-refractivity contribution in [2.24, 2.45) is 5.73 Å². The van der Waals surface area contributed by atoms with Gasteiger partial charge in [-0.25, -0.2) is 0 Å². The van der Waals surface area contributed by atoms with E-state index in [0.717, 1.165) is 26.1 Å². The zero-order chi connectivity index (χ0) is 12.8. The summed E-state index contributed by atoms with van der Waals surface area (Å²) in [7, 11) is 0. The molecule has 0 radical (unpaired) electrons. The van der Waals surface area contributed by atoms with Crippen LogP contribution in [0.4, 0.5) is 0 Å². The van der Waals surface area contributed by atoms with Gasteiger partial charge in [0, 0.05) is 32.0 Å². The van der Waals surface area contributed by atoms with Gasteiger partial charge in [-0.05, 0) is 37.1 Å². The molecule has 1 amide bonds. The molecule has 1 saturated heterocycles. The SMILES string of the molecule is NCCC1C(=O)NCCCN1Cc1ccncc1. The second-order valence-corrected chi connectivity index (χ2v) is 4.56. The van der Waals surface area contributed by atoms with Crippen LogP contribution in [0.25, 0.3) is 0 Å². The number of nitrogens with two attached hydrogens (primary N) is 1. The van der Waals surface area contributed by atoms with E-state index in [-0.39, 0.29) is 11.9 Å². The third-order valence-corrected chi connectivity index (χ3v) is 3.24. The van der Waals surface area contributed by atoms with Crippen LogP contribution in [-0.2, 0) is 11.3 Å². The molecule has 2 heterocycles. The number of amides is 1. The van der Waals surface area contributed by atoms with Gasteiger partial charge in [0.2, 0.25) is 5.91 Å². The number of hydrogen-bond acceptors (Lipinski definition) is 4. The van der Waals surface area contributed by atoms with Crippen molar-refractivity contribution in [2.75, 3.05) is 19.6 Å². The number of pyridine rings is 1. The van der Waals surface area contributed by atoms with Gasteiger partial charge in [0.25, 0.3) is 0 Å². The van der Waals surface area contributed by atoms with Gasteiger partial charge < -0.3 is 11.1 Å². The zero-order valence-electron chi connectivity index (χ0n) is 10.5. The molecule has 1 aromatic rings. The smallest absolute Gasteiger partial charge is 0.237 e. The highest BCUT2D eigenvalue weighted by molar-refractivity contribution is 5.81. The standard InChI is InChI=1S/C13H20N4O/c14-5-2-12-13(18)16-6-1-9-17(12)10-11-3-7-15-8-4-11/h3-4,7-8,12H,1-2,5-6,9-10,14H2,(H,16,18). The summed E-state index contributed by atoms with van der Waals surface area (Å²) < 4.78 is 0. The first-order valence-corrected chi connectivity index (χ1v) is 6.42. The topological polar surface area (TPSA) is 71.2 Å². The largest absolute Gasteiger partial charge is 0.355 e. The zero-order valence-corrected chi connectivity index (χ0v) is 10.5. The van der Waals surface area contributed by atoms with Crippen molar-refractivity contribution in [2.45, 2.75) is 25.4 Å². The lowest BCUT2D eigenvalue weighted by molar-refractivity contribution is -0.125. The van der Waals surface area contributed by atoms with Crippen molar-refractivity contribution in [1.29, 1.82) is 0 Å². The minimum Gasteiger partial charge on any atom is -0.355 e. The van der Waals surface area contributed by atoms with E-state index >= 15 is 0 Å². The van der Waals surface area contributed by atoms with Crippen LogP contribution in [0.1, 0.15) is 18.4 Å². The second-order valence-electron chi connectivity index (χ2n) is 4.56. The van der Waals surface area contributed by atoms with Crippen molar-refractivity contribution in [3.05, 3.63) is 30.1 Å².